The summed E-state index contributed by atoms with van der Waals surface area (Å²) in [5.41, 5.74) is 3.43. The van der Waals surface area contributed by atoms with E-state index in [1.54, 1.807) is 32.4 Å². The fraction of sp³-hybridized carbons (Fsp3) is 0.286. The average Bonchev–Trinajstić information content (AvgIpc) is 2.60. The molecule has 4 nitrogen and oxygen atoms in total. The molecule has 4 heteroatoms. The average molecular weight is 337 g/mol. The van der Waals surface area contributed by atoms with Gasteiger partial charge in [-0.25, -0.2) is 0 Å². The Hall–Kier alpha value is -2.75. The third-order valence-corrected chi connectivity index (χ3v) is 4.36. The molecule has 0 saturated heterocycles. The van der Waals surface area contributed by atoms with E-state index in [0.717, 1.165) is 23.4 Å². The molecule has 25 heavy (non-hydrogen) atoms. The summed E-state index contributed by atoms with van der Waals surface area (Å²) in [6.07, 6.45) is 2.52. The van der Waals surface area contributed by atoms with E-state index < -0.39 is 0 Å². The van der Waals surface area contributed by atoms with Gasteiger partial charge in [-0.1, -0.05) is 12.1 Å². The van der Waals surface area contributed by atoms with Gasteiger partial charge in [0.05, 0.1) is 19.8 Å². The molecule has 1 heterocycles. The van der Waals surface area contributed by atoms with E-state index in [-0.39, 0.29) is 11.3 Å². The Morgan fingerprint density at radius 3 is 2.60 bits per heavy atom. The van der Waals surface area contributed by atoms with Crippen LogP contribution in [0.5, 0.6) is 11.5 Å². The largest absolute Gasteiger partial charge is 0.497 e. The van der Waals surface area contributed by atoms with E-state index in [4.69, 9.17) is 9.47 Å². The minimum atomic E-state index is -0.147. The highest BCUT2D eigenvalue weighted by Crippen LogP contribution is 2.32. The molecule has 0 unspecified atom stereocenters. The molecule has 3 rings (SSSR count). The van der Waals surface area contributed by atoms with E-state index in [1.165, 1.54) is 5.56 Å². The fourth-order valence-corrected chi connectivity index (χ4v) is 3.23. The highest BCUT2D eigenvalue weighted by molar-refractivity contribution is 6.10. The van der Waals surface area contributed by atoms with Gasteiger partial charge in [0.1, 0.15) is 11.5 Å². The normalized spacial score (nSPS) is 16.7. The zero-order chi connectivity index (χ0) is 18.0. The van der Waals surface area contributed by atoms with E-state index in [2.05, 4.69) is 19.2 Å². The molecule has 0 spiro atoms. The SMILES string of the molecule is COc1ccc2c(c1)CC(C)(C)NC2=CC(=O)c1ccccc1OC. The lowest BCUT2D eigenvalue weighted by Crippen LogP contribution is -2.43. The van der Waals surface area contributed by atoms with Crippen LogP contribution in [-0.2, 0) is 6.42 Å². The summed E-state index contributed by atoms with van der Waals surface area (Å²) in [6.45, 7) is 4.24. The lowest BCUT2D eigenvalue weighted by Gasteiger charge is -2.35. The molecule has 0 aliphatic carbocycles. The molecule has 0 fully saturated rings. The highest BCUT2D eigenvalue weighted by Gasteiger charge is 2.28. The highest BCUT2D eigenvalue weighted by atomic mass is 16.5. The Morgan fingerprint density at radius 2 is 1.88 bits per heavy atom. The van der Waals surface area contributed by atoms with Gasteiger partial charge in [-0.05, 0) is 56.2 Å². The molecule has 130 valence electrons. The Kier molecular flexibility index (Phi) is 4.53. The number of fused-ring (bicyclic) bond motifs is 1. The second kappa shape index (κ2) is 6.63. The molecule has 0 aromatic heterocycles. The van der Waals surface area contributed by atoms with Crippen LogP contribution in [0.3, 0.4) is 0 Å². The van der Waals surface area contributed by atoms with Crippen LogP contribution >= 0.6 is 0 Å². The first kappa shape index (κ1) is 17.1. The fourth-order valence-electron chi connectivity index (χ4n) is 3.23. The standard InChI is InChI=1S/C21H23NO3/c1-21(2)13-14-11-15(24-3)9-10-16(14)18(22-21)12-19(23)17-7-5-6-8-20(17)25-4/h5-12,22H,13H2,1-4H3. The number of carbonyl (C=O) groups excluding carboxylic acids is 1. The number of ketones is 1. The van der Waals surface area contributed by atoms with Crippen molar-refractivity contribution >= 4 is 11.5 Å². The summed E-state index contributed by atoms with van der Waals surface area (Å²) in [5, 5.41) is 3.48. The number of hydrogen-bond donors (Lipinski definition) is 1. The molecule has 0 bridgehead atoms. The minimum absolute atomic E-state index is 0.0839. The van der Waals surface area contributed by atoms with Crippen LogP contribution in [0.2, 0.25) is 0 Å². The summed E-state index contributed by atoms with van der Waals surface area (Å²) in [6, 6.07) is 13.2. The second-order valence-corrected chi connectivity index (χ2v) is 6.83. The molecular formula is C21H23NO3. The molecule has 0 saturated carbocycles. The van der Waals surface area contributed by atoms with Crippen molar-refractivity contribution in [2.24, 2.45) is 0 Å². The predicted molar refractivity (Wildman–Crippen MR) is 99.2 cm³/mol. The number of rotatable bonds is 4. The number of nitrogens with one attached hydrogen (secondary N) is 1. The number of benzene rings is 2. The Bertz CT molecular complexity index is 837. The van der Waals surface area contributed by atoms with Crippen molar-refractivity contribution in [3.8, 4) is 11.5 Å². The molecular weight excluding hydrogens is 314 g/mol. The maximum atomic E-state index is 12.8. The molecule has 2 aromatic carbocycles. The lowest BCUT2D eigenvalue weighted by atomic mass is 9.85. The van der Waals surface area contributed by atoms with Crippen molar-refractivity contribution in [3.05, 3.63) is 65.2 Å². The van der Waals surface area contributed by atoms with Crippen molar-refractivity contribution in [2.45, 2.75) is 25.8 Å². The molecule has 1 aliphatic rings. The Labute approximate surface area is 148 Å². The topological polar surface area (TPSA) is 47.6 Å². The third kappa shape index (κ3) is 3.53. The maximum absolute atomic E-state index is 12.8. The quantitative estimate of drug-likeness (QED) is 0.680. The van der Waals surface area contributed by atoms with Gasteiger partial charge in [0, 0.05) is 22.9 Å². The first-order valence-electron chi connectivity index (χ1n) is 8.28. The smallest absolute Gasteiger partial charge is 0.191 e. The molecule has 1 aliphatic heterocycles. The first-order chi connectivity index (χ1) is 11.9. The number of para-hydroxylation sites is 1. The van der Waals surface area contributed by atoms with Crippen molar-refractivity contribution in [3.63, 3.8) is 0 Å². The van der Waals surface area contributed by atoms with Crippen molar-refractivity contribution in [1.29, 1.82) is 0 Å². The van der Waals surface area contributed by atoms with Crippen LogP contribution in [0.15, 0.2) is 48.5 Å². The molecule has 1 N–H and O–H groups in total. The Balaban J connectivity index is 2.04. The zero-order valence-corrected chi connectivity index (χ0v) is 15.1. The monoisotopic (exact) mass is 337 g/mol. The lowest BCUT2D eigenvalue weighted by molar-refractivity contribution is 0.104. The number of ether oxygens (including phenoxy) is 2. The number of carbonyl (C=O) groups is 1. The van der Waals surface area contributed by atoms with Crippen molar-refractivity contribution in [1.82, 2.24) is 5.32 Å². The maximum Gasteiger partial charge on any atom is 0.191 e. The Morgan fingerprint density at radius 1 is 1.12 bits per heavy atom. The van der Waals surface area contributed by atoms with Crippen LogP contribution in [0.25, 0.3) is 5.70 Å². The molecule has 0 radical (unpaired) electrons. The zero-order valence-electron chi connectivity index (χ0n) is 15.1. The van der Waals surface area contributed by atoms with E-state index in [9.17, 15) is 4.79 Å². The van der Waals surface area contributed by atoms with Crippen LogP contribution in [-0.4, -0.2) is 25.5 Å². The van der Waals surface area contributed by atoms with Gasteiger partial charge in [-0.15, -0.1) is 0 Å². The third-order valence-electron chi connectivity index (χ3n) is 4.36. The van der Waals surface area contributed by atoms with Gasteiger partial charge in [-0.2, -0.15) is 0 Å². The van der Waals surface area contributed by atoms with Gasteiger partial charge in [0.2, 0.25) is 0 Å². The van der Waals surface area contributed by atoms with Gasteiger partial charge < -0.3 is 14.8 Å². The number of methoxy groups -OCH3 is 2. The summed E-state index contributed by atoms with van der Waals surface area (Å²) in [4.78, 5) is 12.8. The summed E-state index contributed by atoms with van der Waals surface area (Å²) >= 11 is 0. The second-order valence-electron chi connectivity index (χ2n) is 6.83. The number of hydrogen-bond acceptors (Lipinski definition) is 4. The van der Waals surface area contributed by atoms with Gasteiger partial charge in [0.25, 0.3) is 0 Å². The van der Waals surface area contributed by atoms with Gasteiger partial charge in [-0.3, -0.25) is 4.79 Å². The molecule has 2 aromatic rings. The summed E-state index contributed by atoms with van der Waals surface area (Å²) in [7, 11) is 3.23. The minimum Gasteiger partial charge on any atom is -0.497 e. The van der Waals surface area contributed by atoms with Crippen molar-refractivity contribution in [2.75, 3.05) is 14.2 Å². The van der Waals surface area contributed by atoms with Crippen LogP contribution in [0, 0.1) is 0 Å². The van der Waals surface area contributed by atoms with Crippen molar-refractivity contribution < 1.29 is 14.3 Å². The van der Waals surface area contributed by atoms with E-state index in [0.29, 0.717) is 11.3 Å². The molecule has 0 amide bonds. The first-order valence-corrected chi connectivity index (χ1v) is 8.28. The van der Waals surface area contributed by atoms with Gasteiger partial charge in [0.15, 0.2) is 5.78 Å². The van der Waals surface area contributed by atoms with Gasteiger partial charge >= 0.3 is 0 Å². The summed E-state index contributed by atoms with van der Waals surface area (Å²) < 4.78 is 10.7. The number of allylic oxidation sites excluding steroid dienone is 1. The van der Waals surface area contributed by atoms with E-state index >= 15 is 0 Å². The van der Waals surface area contributed by atoms with Crippen LogP contribution in [0.4, 0.5) is 0 Å². The predicted octanol–water partition coefficient (Wildman–Crippen LogP) is 3.85. The molecule has 0 atom stereocenters. The summed E-state index contributed by atoms with van der Waals surface area (Å²) in [5.74, 6) is 1.32. The van der Waals surface area contributed by atoms with Crippen LogP contribution in [0.1, 0.15) is 35.3 Å². The van der Waals surface area contributed by atoms with E-state index in [1.807, 2.05) is 30.3 Å². The van der Waals surface area contributed by atoms with Crippen LogP contribution < -0.4 is 14.8 Å².